The summed E-state index contributed by atoms with van der Waals surface area (Å²) < 4.78 is 27.6. The summed E-state index contributed by atoms with van der Waals surface area (Å²) in [5, 5.41) is 0.576. The molecule has 96 valence electrons. The number of rotatable bonds is 2. The first kappa shape index (κ1) is 11.8. The number of benzene rings is 1. The van der Waals surface area contributed by atoms with Gasteiger partial charge in [0.1, 0.15) is 18.0 Å². The predicted molar refractivity (Wildman–Crippen MR) is 69.6 cm³/mol. The zero-order valence-corrected chi connectivity index (χ0v) is 10.4. The number of nitrogens with zero attached hydrogens (tertiary/aromatic N) is 1. The standard InChI is InChI=1S/C12H13F2N3S/c13-5-12(7-3-6(15)1-2-9(7)14)8-4-10(8)18-11(16)17-12/h1-3,8,10H,4-5,15H2,(H2,16,17)/t8?,10?,12-/m1/s1. The first-order chi connectivity index (χ1) is 8.56. The maximum absolute atomic E-state index is 14.0. The molecule has 0 aromatic heterocycles. The Labute approximate surface area is 108 Å². The third-order valence-corrected chi connectivity index (χ3v) is 4.74. The minimum atomic E-state index is -1.18. The zero-order valence-electron chi connectivity index (χ0n) is 9.57. The van der Waals surface area contributed by atoms with Gasteiger partial charge in [0.05, 0.1) is 0 Å². The largest absolute Gasteiger partial charge is 0.399 e. The van der Waals surface area contributed by atoms with E-state index in [9.17, 15) is 8.78 Å². The van der Waals surface area contributed by atoms with Gasteiger partial charge < -0.3 is 11.5 Å². The minimum absolute atomic E-state index is 0.0103. The Morgan fingerprint density at radius 3 is 2.94 bits per heavy atom. The number of halogens is 2. The fourth-order valence-corrected chi connectivity index (χ4v) is 3.82. The highest BCUT2D eigenvalue weighted by molar-refractivity contribution is 8.14. The molecule has 0 amide bonds. The molecular formula is C12H13F2N3S. The van der Waals surface area contributed by atoms with Crippen LogP contribution in [0.2, 0.25) is 0 Å². The van der Waals surface area contributed by atoms with Crippen LogP contribution in [0.5, 0.6) is 0 Å². The summed E-state index contributed by atoms with van der Waals surface area (Å²) in [7, 11) is 0. The lowest BCUT2D eigenvalue weighted by Crippen LogP contribution is -2.36. The fraction of sp³-hybridized carbons (Fsp3) is 0.417. The van der Waals surface area contributed by atoms with Gasteiger partial charge in [-0.25, -0.2) is 13.8 Å². The molecule has 0 bridgehead atoms. The molecule has 3 atom stereocenters. The van der Waals surface area contributed by atoms with Crippen molar-refractivity contribution in [3.8, 4) is 0 Å². The van der Waals surface area contributed by atoms with Crippen LogP contribution >= 0.6 is 11.8 Å². The second-order valence-corrected chi connectivity index (χ2v) is 6.01. The lowest BCUT2D eigenvalue weighted by molar-refractivity contribution is 0.272. The topological polar surface area (TPSA) is 64.4 Å². The molecule has 4 N–H and O–H groups in total. The first-order valence-electron chi connectivity index (χ1n) is 5.70. The molecule has 1 aromatic rings. The van der Waals surface area contributed by atoms with Crippen LogP contribution in [-0.2, 0) is 5.54 Å². The van der Waals surface area contributed by atoms with Crippen LogP contribution in [0.15, 0.2) is 23.2 Å². The van der Waals surface area contributed by atoms with Crippen molar-refractivity contribution in [3.05, 3.63) is 29.6 Å². The summed E-state index contributed by atoms with van der Waals surface area (Å²) >= 11 is 1.45. The van der Waals surface area contributed by atoms with E-state index in [4.69, 9.17) is 11.5 Å². The number of thioether (sulfide) groups is 1. The van der Waals surface area contributed by atoms with Crippen molar-refractivity contribution in [2.75, 3.05) is 12.4 Å². The number of amidine groups is 1. The molecule has 0 saturated heterocycles. The Bertz CT molecular complexity index is 534. The fourth-order valence-electron chi connectivity index (χ4n) is 2.60. The van der Waals surface area contributed by atoms with Crippen LogP contribution in [0.4, 0.5) is 14.5 Å². The molecule has 2 aliphatic rings. The molecule has 1 aliphatic heterocycles. The van der Waals surface area contributed by atoms with Gasteiger partial charge in [0.2, 0.25) is 0 Å². The number of anilines is 1. The highest BCUT2D eigenvalue weighted by Crippen LogP contribution is 2.58. The van der Waals surface area contributed by atoms with Gasteiger partial charge in [-0.1, -0.05) is 11.8 Å². The van der Waals surface area contributed by atoms with E-state index in [1.165, 1.54) is 30.0 Å². The zero-order chi connectivity index (χ0) is 12.9. The number of hydrogen-bond donors (Lipinski definition) is 2. The van der Waals surface area contributed by atoms with Crippen LogP contribution in [-0.4, -0.2) is 17.1 Å². The van der Waals surface area contributed by atoms with Gasteiger partial charge in [0.25, 0.3) is 0 Å². The number of alkyl halides is 1. The van der Waals surface area contributed by atoms with Gasteiger partial charge in [-0.3, -0.25) is 0 Å². The third-order valence-electron chi connectivity index (χ3n) is 3.59. The number of nitrogen functional groups attached to an aromatic ring is 1. The van der Waals surface area contributed by atoms with Crippen molar-refractivity contribution in [1.29, 1.82) is 0 Å². The number of aliphatic imine (C=N–C) groups is 1. The van der Waals surface area contributed by atoms with E-state index in [1.54, 1.807) is 0 Å². The van der Waals surface area contributed by atoms with Crippen molar-refractivity contribution in [2.24, 2.45) is 16.6 Å². The van der Waals surface area contributed by atoms with E-state index < -0.39 is 18.0 Å². The molecule has 2 unspecified atom stereocenters. The van der Waals surface area contributed by atoms with E-state index in [-0.39, 0.29) is 16.7 Å². The van der Waals surface area contributed by atoms with E-state index in [0.717, 1.165) is 6.42 Å². The maximum Gasteiger partial charge on any atom is 0.155 e. The van der Waals surface area contributed by atoms with E-state index in [0.29, 0.717) is 10.9 Å². The monoisotopic (exact) mass is 269 g/mol. The van der Waals surface area contributed by atoms with Crippen LogP contribution in [0.3, 0.4) is 0 Å². The van der Waals surface area contributed by atoms with Gasteiger partial charge in [-0.05, 0) is 24.6 Å². The summed E-state index contributed by atoms with van der Waals surface area (Å²) in [6, 6.07) is 4.18. The second kappa shape index (κ2) is 3.85. The Hall–Kier alpha value is -1.30. The quantitative estimate of drug-likeness (QED) is 0.807. The molecule has 6 heteroatoms. The summed E-state index contributed by atoms with van der Waals surface area (Å²) in [4.78, 5) is 4.21. The molecule has 1 aliphatic carbocycles. The molecule has 0 spiro atoms. The second-order valence-electron chi connectivity index (χ2n) is 4.75. The third kappa shape index (κ3) is 1.59. The van der Waals surface area contributed by atoms with Crippen molar-refractivity contribution >= 4 is 22.6 Å². The summed E-state index contributed by atoms with van der Waals surface area (Å²) in [6.07, 6.45) is 0.813. The summed E-state index contributed by atoms with van der Waals surface area (Å²) in [6.45, 7) is -0.754. The minimum Gasteiger partial charge on any atom is -0.399 e. The molecule has 3 rings (SSSR count). The smallest absolute Gasteiger partial charge is 0.155 e. The van der Waals surface area contributed by atoms with E-state index in [2.05, 4.69) is 4.99 Å². The highest BCUT2D eigenvalue weighted by atomic mass is 32.2. The van der Waals surface area contributed by atoms with E-state index >= 15 is 0 Å². The van der Waals surface area contributed by atoms with Crippen molar-refractivity contribution < 1.29 is 8.78 Å². The van der Waals surface area contributed by atoms with Crippen LogP contribution in [0, 0.1) is 11.7 Å². The lowest BCUT2D eigenvalue weighted by atomic mass is 9.86. The predicted octanol–water partition coefficient (Wildman–Crippen LogP) is 2.02. The summed E-state index contributed by atoms with van der Waals surface area (Å²) in [5.41, 5.74) is 10.8. The van der Waals surface area contributed by atoms with Crippen molar-refractivity contribution in [1.82, 2.24) is 0 Å². The molecule has 1 aromatic carbocycles. The Morgan fingerprint density at radius 2 is 2.22 bits per heavy atom. The Morgan fingerprint density at radius 1 is 1.44 bits per heavy atom. The molecule has 1 heterocycles. The van der Waals surface area contributed by atoms with Crippen molar-refractivity contribution in [3.63, 3.8) is 0 Å². The number of fused-ring (bicyclic) bond motifs is 1. The van der Waals surface area contributed by atoms with Gasteiger partial charge in [0.15, 0.2) is 5.17 Å². The summed E-state index contributed by atoms with van der Waals surface area (Å²) in [5.74, 6) is -0.466. The molecule has 1 saturated carbocycles. The van der Waals surface area contributed by atoms with Crippen LogP contribution in [0.1, 0.15) is 12.0 Å². The molecule has 3 nitrogen and oxygen atoms in total. The van der Waals surface area contributed by atoms with E-state index in [1.807, 2.05) is 0 Å². The SMILES string of the molecule is NC1=N[C@](CF)(c2cc(N)ccc2F)C2CC2S1. The molecule has 18 heavy (non-hydrogen) atoms. The average molecular weight is 269 g/mol. The lowest BCUT2D eigenvalue weighted by Gasteiger charge is -2.31. The molecule has 0 radical (unpaired) electrons. The van der Waals surface area contributed by atoms with Gasteiger partial charge in [0, 0.05) is 22.4 Å². The van der Waals surface area contributed by atoms with Gasteiger partial charge >= 0.3 is 0 Å². The Kier molecular flexibility index (Phi) is 2.52. The van der Waals surface area contributed by atoms with Crippen LogP contribution in [0.25, 0.3) is 0 Å². The van der Waals surface area contributed by atoms with Crippen molar-refractivity contribution in [2.45, 2.75) is 17.2 Å². The van der Waals surface area contributed by atoms with Gasteiger partial charge in [-0.2, -0.15) is 0 Å². The molecule has 1 fully saturated rings. The maximum atomic E-state index is 14.0. The number of hydrogen-bond acceptors (Lipinski definition) is 4. The van der Waals surface area contributed by atoms with Crippen LogP contribution < -0.4 is 11.5 Å². The molecular weight excluding hydrogens is 256 g/mol. The first-order valence-corrected chi connectivity index (χ1v) is 6.58. The Balaban J connectivity index is 2.16. The highest BCUT2D eigenvalue weighted by Gasteiger charge is 2.58. The average Bonchev–Trinajstić information content (AvgIpc) is 3.10. The van der Waals surface area contributed by atoms with Gasteiger partial charge in [-0.15, -0.1) is 0 Å². The number of nitrogens with two attached hydrogens (primary N) is 2. The normalized spacial score (nSPS) is 33.8.